The molecule has 440 valence electrons. The molecule has 11 aromatic carbocycles. The van der Waals surface area contributed by atoms with E-state index in [4.69, 9.17) is 0 Å². The lowest BCUT2D eigenvalue weighted by Crippen LogP contribution is -2.27. The van der Waals surface area contributed by atoms with Crippen LogP contribution in [0.25, 0.3) is 79.3 Å². The molecule has 16 rings (SSSR count). The molecule has 0 saturated carbocycles. The lowest BCUT2D eigenvalue weighted by molar-refractivity contribution is 0.590. The van der Waals surface area contributed by atoms with Gasteiger partial charge in [0.25, 0.3) is 0 Å². The first-order valence-electron chi connectivity index (χ1n) is 31.8. The number of hydrogen-bond donors (Lipinski definition) is 0. The molecule has 0 saturated heterocycles. The molecule has 13 aromatic rings. The Morgan fingerprint density at radius 3 is 1.39 bits per heavy atom. The highest BCUT2D eigenvalue weighted by Crippen LogP contribution is 2.69. The van der Waals surface area contributed by atoms with Crippen molar-refractivity contribution in [3.05, 3.63) is 297 Å². The third-order valence-electron chi connectivity index (χ3n) is 19.5. The third kappa shape index (κ3) is 8.82. The first-order chi connectivity index (χ1) is 43.4. The van der Waals surface area contributed by atoms with E-state index in [0.29, 0.717) is 0 Å². The highest BCUT2D eigenvalue weighted by Gasteiger charge is 2.54. The van der Waals surface area contributed by atoms with Gasteiger partial charge in [0.1, 0.15) is 5.82 Å². The number of rotatable bonds is 8. The monoisotopic (exact) mass is 1200 g/mol. The zero-order chi connectivity index (χ0) is 61.7. The molecule has 0 fully saturated rings. The molecule has 2 aromatic heterocycles. The average molecular weight is 1200 g/mol. The number of anilines is 5. The number of allylic oxidation sites excluding steroid dienone is 4. The highest BCUT2D eigenvalue weighted by atomic mass is 32.1. The zero-order valence-corrected chi connectivity index (χ0v) is 54.5. The average Bonchev–Trinajstić information content (AvgIpc) is 1.49. The molecule has 1 atom stereocenters. The summed E-state index contributed by atoms with van der Waals surface area (Å²) in [6.45, 7) is 22.6. The molecule has 1 unspecified atom stereocenters. The number of aryl methyl sites for hydroxylation is 4. The second-order valence-electron chi connectivity index (χ2n) is 27.6. The maximum Gasteiger partial charge on any atom is 0.123 e. The fraction of sp³-hybridized carbons (Fsp3) is 0.176. The number of fused-ring (bicyclic) bond motifs is 18. The molecule has 0 aliphatic heterocycles. The second kappa shape index (κ2) is 20.7. The quantitative estimate of drug-likeness (QED) is 0.150. The van der Waals surface area contributed by atoms with Crippen molar-refractivity contribution in [2.24, 2.45) is 0 Å². The number of nitrogens with zero attached hydrogens (tertiary/aromatic N) is 2. The predicted molar refractivity (Wildman–Crippen MR) is 385 cm³/mol. The molecule has 5 heteroatoms. The van der Waals surface area contributed by atoms with Gasteiger partial charge >= 0.3 is 0 Å². The van der Waals surface area contributed by atoms with Crippen molar-refractivity contribution in [3.63, 3.8) is 0 Å². The molecule has 0 radical (unpaired) electrons. The van der Waals surface area contributed by atoms with E-state index in [2.05, 4.69) is 291 Å². The molecule has 2 heterocycles. The van der Waals surface area contributed by atoms with E-state index in [9.17, 15) is 0 Å². The van der Waals surface area contributed by atoms with Crippen LogP contribution >= 0.6 is 22.7 Å². The smallest absolute Gasteiger partial charge is 0.123 e. The van der Waals surface area contributed by atoms with Crippen LogP contribution in [0.1, 0.15) is 116 Å². The van der Waals surface area contributed by atoms with E-state index in [1.54, 1.807) is 12.1 Å². The summed E-state index contributed by atoms with van der Waals surface area (Å²) in [7, 11) is 0. The number of benzene rings is 11. The van der Waals surface area contributed by atoms with Crippen molar-refractivity contribution in [1.82, 2.24) is 0 Å². The Kier molecular flexibility index (Phi) is 12.9. The van der Waals surface area contributed by atoms with Gasteiger partial charge in [0.15, 0.2) is 0 Å². The molecule has 0 N–H and O–H groups in total. The molecule has 3 aliphatic carbocycles. The van der Waals surface area contributed by atoms with Crippen molar-refractivity contribution in [2.75, 3.05) is 9.80 Å². The lowest BCUT2D eigenvalue weighted by Gasteiger charge is -2.35. The molecule has 0 bridgehead atoms. The van der Waals surface area contributed by atoms with E-state index in [0.717, 1.165) is 58.0 Å². The van der Waals surface area contributed by atoms with Crippen LogP contribution in [0, 0.1) is 33.5 Å². The van der Waals surface area contributed by atoms with Crippen LogP contribution in [-0.4, -0.2) is 0 Å². The van der Waals surface area contributed by atoms with Gasteiger partial charge < -0.3 is 9.80 Å². The van der Waals surface area contributed by atoms with Crippen LogP contribution in [-0.2, 0) is 16.2 Å². The molecule has 2 nitrogen and oxygen atoms in total. The number of hydrogen-bond acceptors (Lipinski definition) is 4. The van der Waals surface area contributed by atoms with Gasteiger partial charge in [0, 0.05) is 74.2 Å². The van der Waals surface area contributed by atoms with E-state index in [1.807, 2.05) is 22.7 Å². The third-order valence-corrected chi connectivity index (χ3v) is 21.9. The van der Waals surface area contributed by atoms with Crippen LogP contribution < -0.4 is 9.80 Å². The SMILES string of the molecule is Cc1cc(C)cc(C2=CC=C(N(c3ccc(C(C)(C)C)cc3)c3cc4c(c5sc6ccccc6c35)-c3c(cc(N(c5ccc(-c6cc(C)cc(C)c6)cc5)c5ccc(C(C)(C)C)cc5)c5c3sc3ccccc35)C43c4ccccc4-c4cc(F)ccc43)CC2)c1. The van der Waals surface area contributed by atoms with E-state index < -0.39 is 5.41 Å². The molecule has 3 aliphatic rings. The Labute approximate surface area is 536 Å². The van der Waals surface area contributed by atoms with Crippen molar-refractivity contribution in [1.29, 1.82) is 0 Å². The largest absolute Gasteiger partial charge is 0.314 e. The van der Waals surface area contributed by atoms with Crippen molar-refractivity contribution < 1.29 is 4.39 Å². The summed E-state index contributed by atoms with van der Waals surface area (Å²) >= 11 is 3.83. The number of halogens is 1. The fourth-order valence-corrected chi connectivity index (χ4v) is 18.0. The zero-order valence-electron chi connectivity index (χ0n) is 52.9. The maximum absolute atomic E-state index is 16.4. The second-order valence-corrected chi connectivity index (χ2v) is 29.7. The summed E-state index contributed by atoms with van der Waals surface area (Å²) in [5.74, 6) is -0.239. The van der Waals surface area contributed by atoms with Crippen LogP contribution in [0.3, 0.4) is 0 Å². The van der Waals surface area contributed by atoms with Crippen molar-refractivity contribution in [2.45, 2.75) is 98.3 Å². The molecular weight excluding hydrogens is 1130 g/mol. The summed E-state index contributed by atoms with van der Waals surface area (Å²) < 4.78 is 21.4. The highest BCUT2D eigenvalue weighted by molar-refractivity contribution is 7.27. The maximum atomic E-state index is 16.4. The van der Waals surface area contributed by atoms with Gasteiger partial charge in [-0.05, 0) is 197 Å². The normalized spacial score (nSPS) is 15.1. The minimum Gasteiger partial charge on any atom is -0.314 e. The molecular formula is C85H71FN2S2. The Bertz CT molecular complexity index is 5150. The minimum atomic E-state index is -0.879. The minimum absolute atomic E-state index is 0.0331. The summed E-state index contributed by atoms with van der Waals surface area (Å²) in [5.41, 5.74) is 27.7. The van der Waals surface area contributed by atoms with Gasteiger partial charge in [0.2, 0.25) is 0 Å². The molecule has 1 spiro atoms. The Hall–Kier alpha value is -9.13. The summed E-state index contributed by atoms with van der Waals surface area (Å²) in [4.78, 5) is 5.14. The first-order valence-corrected chi connectivity index (χ1v) is 33.4. The van der Waals surface area contributed by atoms with Gasteiger partial charge in [-0.1, -0.05) is 209 Å². The van der Waals surface area contributed by atoms with Gasteiger partial charge in [0.05, 0.1) is 16.8 Å². The van der Waals surface area contributed by atoms with Crippen LogP contribution in [0.15, 0.2) is 230 Å². The summed E-state index contributed by atoms with van der Waals surface area (Å²) in [5, 5.41) is 4.93. The van der Waals surface area contributed by atoms with Gasteiger partial charge in [-0.25, -0.2) is 4.39 Å². The van der Waals surface area contributed by atoms with Crippen molar-refractivity contribution >= 4 is 97.0 Å². The van der Waals surface area contributed by atoms with E-state index >= 15 is 4.39 Å². The van der Waals surface area contributed by atoms with Gasteiger partial charge in [-0.15, -0.1) is 22.7 Å². The van der Waals surface area contributed by atoms with Crippen LogP contribution in [0.5, 0.6) is 0 Å². The van der Waals surface area contributed by atoms with E-state index in [1.165, 1.54) is 130 Å². The standard InChI is InChI=1S/C85H71FN2S2/c1-50-41-51(2)44-56(43-50)54-23-32-61(33-24-54)87(63-36-27-58(28-37-63)83(5,6)7)73-48-71-79(81-77(73)66-18-12-15-21-75(66)89-81)80-72(85(71)69-20-14-11-17-65(69)68-47-60(86)31-40-70(68)85)49-74(78-67-19-13-16-22-76(67)90-82(78)80)88(64-38-29-59(30-39-64)84(8,9)10)62-34-25-55(26-35-62)57-45-52(3)42-53(4)46-57/h11-25,27-34,36-49H,26,35H2,1-10H3. The number of thiophene rings is 2. The first kappa shape index (κ1) is 56.1. The molecule has 90 heavy (non-hydrogen) atoms. The molecule has 0 amide bonds. The topological polar surface area (TPSA) is 6.48 Å². The van der Waals surface area contributed by atoms with E-state index in [-0.39, 0.29) is 16.6 Å². The van der Waals surface area contributed by atoms with Gasteiger partial charge in [-0.2, -0.15) is 0 Å². The fourth-order valence-electron chi connectivity index (χ4n) is 15.4. The lowest BCUT2D eigenvalue weighted by atomic mass is 9.70. The van der Waals surface area contributed by atoms with Crippen LogP contribution in [0.4, 0.5) is 32.8 Å². The summed E-state index contributed by atoms with van der Waals surface area (Å²) in [6, 6.07) is 79.5. The predicted octanol–water partition coefficient (Wildman–Crippen LogP) is 24.8. The Morgan fingerprint density at radius 1 is 0.400 bits per heavy atom. The van der Waals surface area contributed by atoms with Crippen molar-refractivity contribution in [3.8, 4) is 33.4 Å². The Balaban J connectivity index is 1.04. The Morgan fingerprint density at radius 2 is 0.867 bits per heavy atom. The van der Waals surface area contributed by atoms with Crippen LogP contribution in [0.2, 0.25) is 0 Å². The van der Waals surface area contributed by atoms with Gasteiger partial charge in [-0.3, -0.25) is 0 Å². The summed E-state index contributed by atoms with van der Waals surface area (Å²) in [6.07, 6.45) is 6.54.